The van der Waals surface area contributed by atoms with E-state index in [-0.39, 0.29) is 22.6 Å². The van der Waals surface area contributed by atoms with Crippen molar-refractivity contribution in [2.75, 3.05) is 0 Å². The minimum absolute atomic E-state index is 0.0123. The van der Waals surface area contributed by atoms with Gasteiger partial charge in [0.05, 0.1) is 10.6 Å². The predicted molar refractivity (Wildman–Crippen MR) is 82.8 cm³/mol. The van der Waals surface area contributed by atoms with Gasteiger partial charge in [0.25, 0.3) is 10.0 Å². The Balaban J connectivity index is 3.87. The molecule has 0 N–H and O–H groups in total. The smallest absolute Gasteiger partial charge is 0.256 e. The van der Waals surface area contributed by atoms with Gasteiger partial charge < -0.3 is 0 Å². The summed E-state index contributed by atoms with van der Waals surface area (Å²) in [5.74, 6) is 0.0951. The van der Waals surface area contributed by atoms with Gasteiger partial charge in [-0.05, 0) is 34.9 Å². The van der Waals surface area contributed by atoms with Crippen molar-refractivity contribution < 1.29 is 8.42 Å². The number of aromatic nitrogens is 1. The second-order valence-electron chi connectivity index (χ2n) is 5.96. The van der Waals surface area contributed by atoms with Gasteiger partial charge in [-0.2, -0.15) is 0 Å². The van der Waals surface area contributed by atoms with Crippen LogP contribution in [0, 0.1) is 0 Å². The molecule has 0 aliphatic rings. The van der Waals surface area contributed by atoms with Crippen LogP contribution in [0.2, 0.25) is 0 Å². The minimum Gasteiger partial charge on any atom is -0.256 e. The van der Waals surface area contributed by atoms with Crippen LogP contribution >= 0.6 is 0 Å². The summed E-state index contributed by atoms with van der Waals surface area (Å²) >= 11 is 0. The fourth-order valence-corrected chi connectivity index (χ4v) is 3.40. The highest BCUT2D eigenvalue weighted by Crippen LogP contribution is 2.33. The van der Waals surface area contributed by atoms with E-state index in [0.717, 1.165) is 5.69 Å². The van der Waals surface area contributed by atoms with Gasteiger partial charge in [-0.15, -0.1) is 0 Å². The monoisotopic (exact) mass is 310 g/mol. The van der Waals surface area contributed by atoms with Crippen LogP contribution in [0.5, 0.6) is 0 Å². The highest BCUT2D eigenvalue weighted by Gasteiger charge is 2.27. The summed E-state index contributed by atoms with van der Waals surface area (Å²) in [4.78, 5) is 7.02. The molecular weight excluding hydrogens is 288 g/mol. The molecule has 1 rings (SSSR count). The Morgan fingerprint density at radius 3 is 2.05 bits per heavy atom. The maximum Gasteiger partial charge on any atom is 0.266 e. The molecule has 0 aromatic carbocycles. The van der Waals surface area contributed by atoms with Crippen molar-refractivity contribution in [2.24, 2.45) is 4.52 Å². The second kappa shape index (κ2) is 6.45. The van der Waals surface area contributed by atoms with Gasteiger partial charge in [0.2, 0.25) is 0 Å². The van der Waals surface area contributed by atoms with E-state index < -0.39 is 10.0 Å². The molecule has 0 fully saturated rings. The first-order valence-electron chi connectivity index (χ1n) is 6.97. The highest BCUT2D eigenvalue weighted by molar-refractivity contribution is 7.90. The van der Waals surface area contributed by atoms with E-state index in [1.54, 1.807) is 6.07 Å². The van der Waals surface area contributed by atoms with E-state index in [4.69, 9.17) is 5.53 Å². The van der Waals surface area contributed by atoms with Crippen molar-refractivity contribution in [1.82, 2.24) is 4.98 Å². The number of hydrogen-bond donors (Lipinski definition) is 0. The maximum absolute atomic E-state index is 12.3. The molecule has 1 aromatic rings. The molecule has 6 nitrogen and oxygen atoms in total. The summed E-state index contributed by atoms with van der Waals surface area (Å²) in [6.07, 6.45) is 0. The van der Waals surface area contributed by atoms with Gasteiger partial charge >= 0.3 is 0 Å². The van der Waals surface area contributed by atoms with Crippen molar-refractivity contribution in [3.63, 3.8) is 0 Å². The number of pyridine rings is 1. The second-order valence-corrected chi connectivity index (χ2v) is 7.48. The molecule has 0 aliphatic heterocycles. The lowest BCUT2D eigenvalue weighted by Crippen LogP contribution is -2.13. The van der Waals surface area contributed by atoms with Crippen molar-refractivity contribution in [3.8, 4) is 0 Å². The summed E-state index contributed by atoms with van der Waals surface area (Å²) in [6, 6.07) is 1.81. The number of sulfonamides is 1. The molecule has 116 valence electrons. The molecule has 0 aliphatic carbocycles. The fraction of sp³-hybridized carbons (Fsp3) is 0.643. The van der Waals surface area contributed by atoms with E-state index in [0.29, 0.717) is 11.3 Å². The maximum atomic E-state index is 12.3. The van der Waals surface area contributed by atoms with Crippen LogP contribution in [0.3, 0.4) is 0 Å². The molecule has 0 radical (unpaired) electrons. The number of nitrogens with zero attached hydrogens (tertiary/aromatic N) is 4. The number of azide groups is 1. The Kier molecular flexibility index (Phi) is 5.36. The molecule has 0 saturated heterocycles. The average molecular weight is 310 g/mol. The van der Waals surface area contributed by atoms with Gasteiger partial charge in [0, 0.05) is 15.1 Å². The van der Waals surface area contributed by atoms with Crippen molar-refractivity contribution in [2.45, 2.75) is 64.2 Å². The summed E-state index contributed by atoms with van der Waals surface area (Å²) in [5, 5.41) is 0. The lowest BCUT2D eigenvalue weighted by Gasteiger charge is -2.20. The molecule has 0 spiro atoms. The zero-order chi connectivity index (χ0) is 16.4. The Hall–Kier alpha value is -1.59. The Morgan fingerprint density at radius 1 is 1.10 bits per heavy atom. The van der Waals surface area contributed by atoms with Crippen LogP contribution in [0.1, 0.15) is 76.2 Å². The summed E-state index contributed by atoms with van der Waals surface area (Å²) < 4.78 is 27.6. The quantitative estimate of drug-likeness (QED) is 0.456. The van der Waals surface area contributed by atoms with Crippen LogP contribution in [0.4, 0.5) is 0 Å². The number of rotatable bonds is 5. The lowest BCUT2D eigenvalue weighted by atomic mass is 9.96. The Bertz CT molecular complexity index is 643. The minimum atomic E-state index is -4.06. The predicted octanol–water partition coefficient (Wildman–Crippen LogP) is 4.45. The van der Waals surface area contributed by atoms with E-state index in [2.05, 4.69) is 14.4 Å². The summed E-state index contributed by atoms with van der Waals surface area (Å²) in [6.45, 7) is 11.6. The normalized spacial score (nSPS) is 12.0. The molecule has 21 heavy (non-hydrogen) atoms. The van der Waals surface area contributed by atoms with Gasteiger partial charge in [-0.25, -0.2) is 8.42 Å². The van der Waals surface area contributed by atoms with E-state index in [9.17, 15) is 8.42 Å². The zero-order valence-corrected chi connectivity index (χ0v) is 14.1. The third kappa shape index (κ3) is 3.74. The standard InChI is InChI=1S/C14H22N4O2S/c1-8(2)11-7-12(9(3)4)16-13(10(5)6)14(11)21(19,20)18-17-15/h7-10H,1-6H3. The van der Waals surface area contributed by atoms with Crippen LogP contribution in [0.15, 0.2) is 15.5 Å². The zero-order valence-electron chi connectivity index (χ0n) is 13.3. The van der Waals surface area contributed by atoms with E-state index in [1.807, 2.05) is 41.5 Å². The third-order valence-electron chi connectivity index (χ3n) is 3.21. The molecular formula is C14H22N4O2S. The highest BCUT2D eigenvalue weighted by atomic mass is 32.2. The van der Waals surface area contributed by atoms with Gasteiger partial charge in [0.1, 0.15) is 0 Å². The lowest BCUT2D eigenvalue weighted by molar-refractivity contribution is 0.589. The molecule has 0 bridgehead atoms. The molecule has 1 aromatic heterocycles. The topological polar surface area (TPSA) is 95.8 Å². The average Bonchev–Trinajstić information content (AvgIpc) is 2.36. The third-order valence-corrected chi connectivity index (χ3v) is 4.46. The summed E-state index contributed by atoms with van der Waals surface area (Å²) in [5.41, 5.74) is 10.5. The SMILES string of the molecule is CC(C)c1cc(C(C)C)c(S(=O)(=O)N=[N+]=[N-])c(C(C)C)n1. The van der Waals surface area contributed by atoms with Crippen LogP contribution in [0.25, 0.3) is 10.4 Å². The molecule has 1 heterocycles. The largest absolute Gasteiger partial charge is 0.266 e. The van der Waals surface area contributed by atoms with Crippen LogP contribution < -0.4 is 0 Å². The van der Waals surface area contributed by atoms with Crippen molar-refractivity contribution in [1.29, 1.82) is 0 Å². The van der Waals surface area contributed by atoms with Crippen molar-refractivity contribution >= 4 is 10.0 Å². The molecule has 7 heteroatoms. The summed E-state index contributed by atoms with van der Waals surface area (Å²) in [7, 11) is -4.06. The first kappa shape index (κ1) is 17.5. The van der Waals surface area contributed by atoms with Crippen LogP contribution in [-0.2, 0) is 10.0 Å². The van der Waals surface area contributed by atoms with Gasteiger partial charge in [0.15, 0.2) is 0 Å². The molecule has 0 unspecified atom stereocenters. The van der Waals surface area contributed by atoms with Crippen LogP contribution in [-0.4, -0.2) is 13.4 Å². The number of hydrogen-bond acceptors (Lipinski definition) is 3. The Labute approximate surface area is 126 Å². The fourth-order valence-electron chi connectivity index (χ4n) is 2.08. The molecule has 0 atom stereocenters. The van der Waals surface area contributed by atoms with Gasteiger partial charge in [-0.1, -0.05) is 41.5 Å². The molecule has 0 amide bonds. The molecule has 0 saturated carbocycles. The first-order valence-corrected chi connectivity index (χ1v) is 8.41. The first-order chi connectivity index (χ1) is 9.61. The van der Waals surface area contributed by atoms with E-state index in [1.165, 1.54) is 0 Å². The van der Waals surface area contributed by atoms with E-state index >= 15 is 0 Å². The van der Waals surface area contributed by atoms with Gasteiger partial charge in [-0.3, -0.25) is 4.98 Å². The van der Waals surface area contributed by atoms with Crippen molar-refractivity contribution in [3.05, 3.63) is 33.5 Å². The Morgan fingerprint density at radius 2 is 1.67 bits per heavy atom.